The molecular formula is C25H23N3O4S. The highest BCUT2D eigenvalue weighted by Gasteiger charge is 2.24. The summed E-state index contributed by atoms with van der Waals surface area (Å²) >= 11 is 0. The van der Waals surface area contributed by atoms with Crippen molar-refractivity contribution in [2.45, 2.75) is 17.9 Å². The number of hydrogen-bond donors (Lipinski definition) is 0. The average Bonchev–Trinajstić information content (AvgIpc) is 2.83. The van der Waals surface area contributed by atoms with Gasteiger partial charge in [0, 0.05) is 18.7 Å². The summed E-state index contributed by atoms with van der Waals surface area (Å²) in [5, 5.41) is 5.33. The van der Waals surface area contributed by atoms with Crippen LogP contribution in [0.4, 0.5) is 0 Å². The van der Waals surface area contributed by atoms with Gasteiger partial charge in [-0.05, 0) is 42.8 Å². The van der Waals surface area contributed by atoms with E-state index in [9.17, 15) is 18.0 Å². The molecule has 0 N–H and O–H groups in total. The maximum absolute atomic E-state index is 13.5. The maximum atomic E-state index is 13.5. The minimum atomic E-state index is -3.31. The second-order valence-electron chi connectivity index (χ2n) is 7.88. The zero-order chi connectivity index (χ0) is 23.8. The van der Waals surface area contributed by atoms with E-state index in [1.165, 1.54) is 21.7 Å². The number of fused-ring (bicyclic) bond motifs is 1. The van der Waals surface area contributed by atoms with Crippen molar-refractivity contribution >= 4 is 26.5 Å². The van der Waals surface area contributed by atoms with Gasteiger partial charge >= 0.3 is 0 Å². The van der Waals surface area contributed by atoms with Gasteiger partial charge in [-0.2, -0.15) is 9.78 Å². The molecule has 0 saturated carbocycles. The number of sulfone groups is 1. The van der Waals surface area contributed by atoms with E-state index in [2.05, 4.69) is 5.10 Å². The van der Waals surface area contributed by atoms with Crippen LogP contribution in [0.3, 0.4) is 0 Å². The first kappa shape index (κ1) is 22.4. The smallest absolute Gasteiger partial charge is 0.279 e. The molecule has 168 valence electrons. The highest BCUT2D eigenvalue weighted by molar-refractivity contribution is 7.90. The van der Waals surface area contributed by atoms with Crippen molar-refractivity contribution in [2.75, 3.05) is 13.3 Å². The van der Waals surface area contributed by atoms with Gasteiger partial charge in [-0.25, -0.2) is 8.42 Å². The Morgan fingerprint density at radius 1 is 0.909 bits per heavy atom. The number of hydrogen-bond acceptors (Lipinski definition) is 5. The molecule has 7 nitrogen and oxygen atoms in total. The van der Waals surface area contributed by atoms with E-state index in [1.54, 1.807) is 67.7 Å². The Morgan fingerprint density at radius 2 is 1.48 bits per heavy atom. The predicted octanol–water partition coefficient (Wildman–Crippen LogP) is 3.62. The molecule has 1 heterocycles. The van der Waals surface area contributed by atoms with Crippen LogP contribution in [0.2, 0.25) is 0 Å². The van der Waals surface area contributed by atoms with Crippen molar-refractivity contribution in [1.82, 2.24) is 14.7 Å². The Morgan fingerprint density at radius 3 is 2.09 bits per heavy atom. The summed E-state index contributed by atoms with van der Waals surface area (Å²) in [5.41, 5.74) is 1.20. The third kappa shape index (κ3) is 4.29. The second kappa shape index (κ2) is 8.63. The van der Waals surface area contributed by atoms with E-state index >= 15 is 0 Å². The van der Waals surface area contributed by atoms with E-state index in [4.69, 9.17) is 0 Å². The molecule has 0 bridgehead atoms. The number of amides is 1. The molecule has 0 aliphatic heterocycles. The number of carbonyl (C=O) groups excluding carboxylic acids is 1. The van der Waals surface area contributed by atoms with Crippen LogP contribution in [0.15, 0.2) is 88.6 Å². The maximum Gasteiger partial charge on any atom is 0.279 e. The third-order valence-electron chi connectivity index (χ3n) is 5.70. The van der Waals surface area contributed by atoms with Crippen molar-refractivity contribution in [3.05, 3.63) is 100 Å². The summed E-state index contributed by atoms with van der Waals surface area (Å²) in [6.07, 6.45) is 1.15. The number of carbonyl (C=O) groups is 1. The second-order valence-corrected chi connectivity index (χ2v) is 9.90. The standard InChI is InChI=1S/C25H23N3O4S/c1-17(18-13-15-20(16-14-18)33(3,31)32)27(2)25(30)23-21-11-7-8-12-22(21)24(29)28(26-23)19-9-5-4-6-10-19/h4-17H,1-3H3. The molecule has 4 aromatic rings. The fourth-order valence-corrected chi connectivity index (χ4v) is 4.28. The van der Waals surface area contributed by atoms with Crippen LogP contribution in [0.5, 0.6) is 0 Å². The Bertz CT molecular complexity index is 1490. The van der Waals surface area contributed by atoms with Crippen LogP contribution in [0.1, 0.15) is 29.0 Å². The van der Waals surface area contributed by atoms with Crippen LogP contribution in [0, 0.1) is 0 Å². The zero-order valence-electron chi connectivity index (χ0n) is 18.5. The lowest BCUT2D eigenvalue weighted by molar-refractivity contribution is 0.0737. The highest BCUT2D eigenvalue weighted by atomic mass is 32.2. The van der Waals surface area contributed by atoms with Crippen molar-refractivity contribution in [3.8, 4) is 5.69 Å². The minimum absolute atomic E-state index is 0.163. The van der Waals surface area contributed by atoms with E-state index in [0.717, 1.165) is 11.8 Å². The number of rotatable bonds is 5. The highest BCUT2D eigenvalue weighted by Crippen LogP contribution is 2.24. The molecule has 1 amide bonds. The molecule has 0 fully saturated rings. The summed E-state index contributed by atoms with van der Waals surface area (Å²) in [6.45, 7) is 1.85. The number of para-hydroxylation sites is 1. The van der Waals surface area contributed by atoms with Crippen molar-refractivity contribution < 1.29 is 13.2 Å². The topological polar surface area (TPSA) is 89.3 Å². The lowest BCUT2D eigenvalue weighted by Crippen LogP contribution is -2.33. The fourth-order valence-electron chi connectivity index (χ4n) is 3.65. The first-order valence-corrected chi connectivity index (χ1v) is 12.2. The summed E-state index contributed by atoms with van der Waals surface area (Å²) in [4.78, 5) is 28.4. The first-order chi connectivity index (χ1) is 15.7. The van der Waals surface area contributed by atoms with E-state index in [1.807, 2.05) is 13.0 Å². The van der Waals surface area contributed by atoms with Crippen molar-refractivity contribution in [3.63, 3.8) is 0 Å². The zero-order valence-corrected chi connectivity index (χ0v) is 19.3. The Hall–Kier alpha value is -3.78. The van der Waals surface area contributed by atoms with Gasteiger partial charge in [0.1, 0.15) is 0 Å². The van der Waals surface area contributed by atoms with Crippen LogP contribution in [0.25, 0.3) is 16.5 Å². The SMILES string of the molecule is CC(c1ccc(S(C)(=O)=O)cc1)N(C)C(=O)c1nn(-c2ccccc2)c(=O)c2ccccc12. The van der Waals surface area contributed by atoms with Gasteiger partial charge in [-0.3, -0.25) is 9.59 Å². The summed E-state index contributed by atoms with van der Waals surface area (Å²) in [7, 11) is -1.65. The Balaban J connectivity index is 1.77. The fraction of sp³-hybridized carbons (Fsp3) is 0.160. The van der Waals surface area contributed by atoms with Gasteiger partial charge in [0.25, 0.3) is 11.5 Å². The molecule has 1 aromatic heterocycles. The summed E-state index contributed by atoms with van der Waals surface area (Å²) in [6, 6.07) is 22.0. The molecule has 0 radical (unpaired) electrons. The number of benzene rings is 3. The van der Waals surface area contributed by atoms with Gasteiger partial charge in [0.2, 0.25) is 0 Å². The largest absolute Gasteiger partial charge is 0.334 e. The number of nitrogens with zero attached hydrogens (tertiary/aromatic N) is 3. The third-order valence-corrected chi connectivity index (χ3v) is 6.83. The van der Waals surface area contributed by atoms with Crippen molar-refractivity contribution in [2.24, 2.45) is 0 Å². The molecule has 0 aliphatic carbocycles. The average molecular weight is 462 g/mol. The van der Waals surface area contributed by atoms with E-state index < -0.39 is 9.84 Å². The number of aromatic nitrogens is 2. The molecule has 1 unspecified atom stereocenters. The lowest BCUT2D eigenvalue weighted by Gasteiger charge is -2.26. The molecule has 3 aromatic carbocycles. The molecule has 4 rings (SSSR count). The van der Waals surface area contributed by atoms with Crippen LogP contribution in [-0.2, 0) is 9.84 Å². The molecule has 0 aliphatic rings. The van der Waals surface area contributed by atoms with Crippen LogP contribution < -0.4 is 5.56 Å². The first-order valence-electron chi connectivity index (χ1n) is 10.3. The van der Waals surface area contributed by atoms with Crippen LogP contribution in [-0.4, -0.2) is 42.3 Å². The summed E-state index contributed by atoms with van der Waals surface area (Å²) < 4.78 is 24.7. The van der Waals surface area contributed by atoms with Gasteiger partial charge in [-0.1, -0.05) is 48.5 Å². The summed E-state index contributed by atoms with van der Waals surface area (Å²) in [5.74, 6) is -0.351. The molecule has 0 saturated heterocycles. The normalized spacial score (nSPS) is 12.5. The quantitative estimate of drug-likeness (QED) is 0.453. The Kier molecular flexibility index (Phi) is 5.86. The molecular weight excluding hydrogens is 438 g/mol. The van der Waals surface area contributed by atoms with Gasteiger partial charge < -0.3 is 4.90 Å². The van der Waals surface area contributed by atoms with Crippen LogP contribution >= 0.6 is 0 Å². The lowest BCUT2D eigenvalue weighted by atomic mass is 10.1. The molecule has 8 heteroatoms. The van der Waals surface area contributed by atoms with Crippen molar-refractivity contribution in [1.29, 1.82) is 0 Å². The monoisotopic (exact) mass is 461 g/mol. The van der Waals surface area contributed by atoms with Gasteiger partial charge in [0.15, 0.2) is 15.5 Å². The Labute approximate surface area is 191 Å². The van der Waals surface area contributed by atoms with Gasteiger partial charge in [0.05, 0.1) is 22.0 Å². The van der Waals surface area contributed by atoms with Gasteiger partial charge in [-0.15, -0.1) is 0 Å². The molecule has 0 spiro atoms. The molecule has 33 heavy (non-hydrogen) atoms. The molecule has 1 atom stereocenters. The van der Waals surface area contributed by atoms with E-state index in [-0.39, 0.29) is 28.1 Å². The van der Waals surface area contributed by atoms with E-state index in [0.29, 0.717) is 16.5 Å². The minimum Gasteiger partial charge on any atom is -0.334 e. The predicted molar refractivity (Wildman–Crippen MR) is 127 cm³/mol.